The highest BCUT2D eigenvalue weighted by atomic mass is 16.5. The zero-order valence-electron chi connectivity index (χ0n) is 9.69. The Balaban J connectivity index is 1.88. The van der Waals surface area contributed by atoms with E-state index in [-0.39, 0.29) is 0 Å². The Morgan fingerprint density at radius 3 is 3.00 bits per heavy atom. The van der Waals surface area contributed by atoms with E-state index in [1.54, 1.807) is 7.11 Å². The Morgan fingerprint density at radius 2 is 2.44 bits per heavy atom. The largest absolute Gasteiger partial charge is 0.383 e. The third-order valence-corrected chi connectivity index (χ3v) is 2.82. The number of nitrogens with zero attached hydrogens (tertiary/aromatic N) is 2. The summed E-state index contributed by atoms with van der Waals surface area (Å²) < 4.78 is 10.3. The molecule has 90 valence electrons. The first-order chi connectivity index (χ1) is 7.83. The van der Waals surface area contributed by atoms with Crippen LogP contribution in [-0.2, 0) is 17.8 Å². The fourth-order valence-corrected chi connectivity index (χ4v) is 1.77. The molecule has 5 nitrogen and oxygen atoms in total. The van der Waals surface area contributed by atoms with Gasteiger partial charge in [0.15, 0.2) is 5.76 Å². The lowest BCUT2D eigenvalue weighted by molar-refractivity contribution is 0.132. The molecule has 2 rings (SSSR count). The summed E-state index contributed by atoms with van der Waals surface area (Å²) >= 11 is 0. The molecule has 0 radical (unpaired) electrons. The fraction of sp³-hybridized carbons (Fsp3) is 0.727. The molecule has 1 aromatic heterocycles. The van der Waals surface area contributed by atoms with Crippen LogP contribution in [0, 0.1) is 0 Å². The fourth-order valence-electron chi connectivity index (χ4n) is 1.77. The van der Waals surface area contributed by atoms with Crippen LogP contribution in [-0.4, -0.2) is 36.4 Å². The van der Waals surface area contributed by atoms with Crippen molar-refractivity contribution in [2.75, 3.05) is 20.3 Å². The molecule has 16 heavy (non-hydrogen) atoms. The molecule has 1 aliphatic rings. The average Bonchev–Trinajstić information content (AvgIpc) is 3.05. The van der Waals surface area contributed by atoms with Gasteiger partial charge in [-0.3, -0.25) is 4.90 Å². The summed E-state index contributed by atoms with van der Waals surface area (Å²) in [5.41, 5.74) is 6.31. The van der Waals surface area contributed by atoms with Crippen molar-refractivity contribution in [1.29, 1.82) is 0 Å². The third kappa shape index (κ3) is 3.04. The number of methoxy groups -OCH3 is 1. The summed E-state index contributed by atoms with van der Waals surface area (Å²) in [6.45, 7) is 2.94. The van der Waals surface area contributed by atoms with Crippen LogP contribution in [0.2, 0.25) is 0 Å². The van der Waals surface area contributed by atoms with Crippen molar-refractivity contribution < 1.29 is 9.26 Å². The Hall–Kier alpha value is -0.910. The van der Waals surface area contributed by atoms with Crippen LogP contribution in [0.25, 0.3) is 0 Å². The molecule has 1 aromatic rings. The molecular weight excluding hydrogens is 206 g/mol. The smallest absolute Gasteiger partial charge is 0.151 e. The molecule has 0 bridgehead atoms. The maximum atomic E-state index is 5.49. The number of aromatic nitrogens is 1. The Labute approximate surface area is 95.5 Å². The Kier molecular flexibility index (Phi) is 3.93. The van der Waals surface area contributed by atoms with Crippen LogP contribution in [0.5, 0.6) is 0 Å². The lowest BCUT2D eigenvalue weighted by atomic mass is 10.3. The van der Waals surface area contributed by atoms with Crippen LogP contribution in [0.15, 0.2) is 10.6 Å². The van der Waals surface area contributed by atoms with Crippen molar-refractivity contribution >= 4 is 0 Å². The summed E-state index contributed by atoms with van der Waals surface area (Å²) in [5, 5.41) is 3.89. The standard InChI is InChI=1S/C11H19N3O2/c1-15-5-4-14(10-2-3-10)8-11-6-9(7-12)13-16-11/h6,10H,2-5,7-8,12H2,1H3. The first-order valence-corrected chi connectivity index (χ1v) is 5.71. The summed E-state index contributed by atoms with van der Waals surface area (Å²) in [6, 6.07) is 2.63. The van der Waals surface area contributed by atoms with E-state index in [1.807, 2.05) is 6.07 Å². The van der Waals surface area contributed by atoms with E-state index < -0.39 is 0 Å². The minimum absolute atomic E-state index is 0.436. The van der Waals surface area contributed by atoms with Gasteiger partial charge < -0.3 is 15.0 Å². The maximum Gasteiger partial charge on any atom is 0.151 e. The lowest BCUT2D eigenvalue weighted by Gasteiger charge is -2.19. The van der Waals surface area contributed by atoms with Crippen LogP contribution in [0.1, 0.15) is 24.3 Å². The van der Waals surface area contributed by atoms with E-state index >= 15 is 0 Å². The van der Waals surface area contributed by atoms with Crippen LogP contribution < -0.4 is 5.73 Å². The molecule has 2 N–H and O–H groups in total. The molecule has 1 aliphatic carbocycles. The number of hydrogen-bond acceptors (Lipinski definition) is 5. The molecule has 1 heterocycles. The van der Waals surface area contributed by atoms with Crippen molar-refractivity contribution in [1.82, 2.24) is 10.1 Å². The molecule has 0 atom stereocenters. The molecule has 0 spiro atoms. The number of nitrogens with two attached hydrogens (primary N) is 1. The van der Waals surface area contributed by atoms with Crippen molar-refractivity contribution in [3.05, 3.63) is 17.5 Å². The number of rotatable bonds is 7. The van der Waals surface area contributed by atoms with Gasteiger partial charge in [-0.25, -0.2) is 0 Å². The molecule has 0 aromatic carbocycles. The van der Waals surface area contributed by atoms with Gasteiger partial charge in [-0.15, -0.1) is 0 Å². The Morgan fingerprint density at radius 1 is 1.62 bits per heavy atom. The van der Waals surface area contributed by atoms with E-state index in [9.17, 15) is 0 Å². The second-order valence-corrected chi connectivity index (χ2v) is 4.18. The quantitative estimate of drug-likeness (QED) is 0.741. The van der Waals surface area contributed by atoms with Gasteiger partial charge in [-0.05, 0) is 12.8 Å². The second-order valence-electron chi connectivity index (χ2n) is 4.18. The van der Waals surface area contributed by atoms with Crippen molar-refractivity contribution in [2.45, 2.75) is 32.0 Å². The SMILES string of the molecule is COCCN(Cc1cc(CN)no1)C1CC1. The minimum Gasteiger partial charge on any atom is -0.383 e. The molecule has 1 saturated carbocycles. The van der Waals surface area contributed by atoms with Crippen LogP contribution in [0.4, 0.5) is 0 Å². The van der Waals surface area contributed by atoms with Gasteiger partial charge in [0.25, 0.3) is 0 Å². The monoisotopic (exact) mass is 225 g/mol. The summed E-state index contributed by atoms with van der Waals surface area (Å²) in [5.74, 6) is 0.892. The topological polar surface area (TPSA) is 64.5 Å². The highest BCUT2D eigenvalue weighted by Gasteiger charge is 2.29. The molecule has 1 fully saturated rings. The molecule has 0 unspecified atom stereocenters. The van der Waals surface area contributed by atoms with E-state index in [2.05, 4.69) is 10.1 Å². The first-order valence-electron chi connectivity index (χ1n) is 5.71. The van der Waals surface area contributed by atoms with E-state index in [0.29, 0.717) is 12.6 Å². The minimum atomic E-state index is 0.436. The first kappa shape index (κ1) is 11.6. The second kappa shape index (κ2) is 5.43. The van der Waals surface area contributed by atoms with Gasteiger partial charge in [0, 0.05) is 32.3 Å². The van der Waals surface area contributed by atoms with Gasteiger partial charge in [0.2, 0.25) is 0 Å². The normalized spacial score (nSPS) is 15.9. The summed E-state index contributed by atoms with van der Waals surface area (Å²) in [4.78, 5) is 2.38. The molecule has 0 amide bonds. The highest BCUT2D eigenvalue weighted by Crippen LogP contribution is 2.28. The maximum absolute atomic E-state index is 5.49. The predicted molar refractivity (Wildman–Crippen MR) is 59.7 cm³/mol. The Bertz CT molecular complexity index is 323. The predicted octanol–water partition coefficient (Wildman–Crippen LogP) is 0.744. The van der Waals surface area contributed by atoms with Gasteiger partial charge in [-0.1, -0.05) is 5.16 Å². The summed E-state index contributed by atoms with van der Waals surface area (Å²) in [6.07, 6.45) is 2.56. The van der Waals surface area contributed by atoms with E-state index in [0.717, 1.165) is 31.2 Å². The zero-order valence-corrected chi connectivity index (χ0v) is 9.69. The summed E-state index contributed by atoms with van der Waals surface area (Å²) in [7, 11) is 1.73. The van der Waals surface area contributed by atoms with Crippen LogP contribution >= 0.6 is 0 Å². The van der Waals surface area contributed by atoms with Gasteiger partial charge in [0.1, 0.15) is 0 Å². The number of hydrogen-bond donors (Lipinski definition) is 1. The van der Waals surface area contributed by atoms with Gasteiger partial charge in [0.05, 0.1) is 18.8 Å². The van der Waals surface area contributed by atoms with Crippen molar-refractivity contribution in [3.63, 3.8) is 0 Å². The van der Waals surface area contributed by atoms with Gasteiger partial charge in [-0.2, -0.15) is 0 Å². The highest BCUT2D eigenvalue weighted by molar-refractivity contribution is 5.05. The third-order valence-electron chi connectivity index (χ3n) is 2.82. The van der Waals surface area contributed by atoms with E-state index in [4.69, 9.17) is 15.0 Å². The molecule has 0 saturated heterocycles. The van der Waals surface area contributed by atoms with Crippen molar-refractivity contribution in [2.24, 2.45) is 5.73 Å². The van der Waals surface area contributed by atoms with Crippen molar-refractivity contribution in [3.8, 4) is 0 Å². The average molecular weight is 225 g/mol. The van der Waals surface area contributed by atoms with Gasteiger partial charge >= 0.3 is 0 Å². The van der Waals surface area contributed by atoms with E-state index in [1.165, 1.54) is 12.8 Å². The molecule has 5 heteroatoms. The molecule has 0 aliphatic heterocycles. The lowest BCUT2D eigenvalue weighted by Crippen LogP contribution is -2.28. The zero-order chi connectivity index (χ0) is 11.4. The van der Waals surface area contributed by atoms with Crippen LogP contribution in [0.3, 0.4) is 0 Å². The molecular formula is C11H19N3O2. The number of ether oxygens (including phenoxy) is 1.